The number of hydrogen-bond donors (Lipinski definition) is 1. The fourth-order valence-corrected chi connectivity index (χ4v) is 2.22. The molecule has 25 heavy (non-hydrogen) atoms. The first-order chi connectivity index (χ1) is 11.8. The molecule has 0 unspecified atom stereocenters. The number of anilines is 1. The number of carbonyl (C=O) groups is 2. The molecule has 0 atom stereocenters. The fourth-order valence-electron chi connectivity index (χ4n) is 2.10. The van der Waals surface area contributed by atoms with Crippen LogP contribution >= 0.6 is 11.6 Å². The zero-order valence-electron chi connectivity index (χ0n) is 14.3. The van der Waals surface area contributed by atoms with Crippen LogP contribution in [0.2, 0.25) is 5.02 Å². The van der Waals surface area contributed by atoms with E-state index in [1.54, 1.807) is 69.3 Å². The average molecular weight is 362 g/mol. The smallest absolute Gasteiger partial charge is 0.340 e. The highest BCUT2D eigenvalue weighted by atomic mass is 35.5. The van der Waals surface area contributed by atoms with Crippen LogP contribution in [-0.2, 0) is 9.53 Å². The van der Waals surface area contributed by atoms with Gasteiger partial charge < -0.3 is 14.8 Å². The first-order valence-corrected chi connectivity index (χ1v) is 8.23. The topological polar surface area (TPSA) is 64.6 Å². The molecule has 6 heteroatoms. The minimum atomic E-state index is -1.16. The minimum absolute atomic E-state index is 0.256. The van der Waals surface area contributed by atoms with E-state index in [1.165, 1.54) is 0 Å². The number of benzene rings is 2. The second-order valence-corrected chi connectivity index (χ2v) is 6.22. The maximum atomic E-state index is 12.6. The summed E-state index contributed by atoms with van der Waals surface area (Å²) in [5, 5.41) is 3.31. The molecule has 132 valence electrons. The number of carbonyl (C=O) groups excluding carboxylic acids is 2. The molecule has 0 aliphatic heterocycles. The largest absolute Gasteiger partial charge is 0.478 e. The first-order valence-electron chi connectivity index (χ1n) is 7.85. The van der Waals surface area contributed by atoms with Gasteiger partial charge in [-0.1, -0.05) is 23.7 Å². The summed E-state index contributed by atoms with van der Waals surface area (Å²) in [6.45, 7) is 5.27. The summed E-state index contributed by atoms with van der Waals surface area (Å²) in [6.07, 6.45) is 0. The van der Waals surface area contributed by atoms with Crippen molar-refractivity contribution in [1.29, 1.82) is 0 Å². The molecule has 0 spiro atoms. The molecule has 1 N–H and O–H groups in total. The van der Waals surface area contributed by atoms with Crippen molar-refractivity contribution in [2.45, 2.75) is 26.4 Å². The van der Waals surface area contributed by atoms with Crippen LogP contribution in [0.15, 0.2) is 48.5 Å². The van der Waals surface area contributed by atoms with Crippen molar-refractivity contribution >= 4 is 29.2 Å². The molecule has 2 rings (SSSR count). The van der Waals surface area contributed by atoms with Crippen LogP contribution in [0.1, 0.15) is 31.1 Å². The number of amides is 1. The van der Waals surface area contributed by atoms with Crippen LogP contribution < -0.4 is 10.1 Å². The summed E-state index contributed by atoms with van der Waals surface area (Å²) in [6, 6.07) is 13.4. The zero-order chi connectivity index (χ0) is 18.4. The Morgan fingerprint density at radius 3 is 2.36 bits per heavy atom. The molecule has 0 aromatic heterocycles. The number of para-hydroxylation sites is 1. The first kappa shape index (κ1) is 18.8. The lowest BCUT2D eigenvalue weighted by Gasteiger charge is -2.25. The van der Waals surface area contributed by atoms with Gasteiger partial charge in [0.1, 0.15) is 5.75 Å². The highest BCUT2D eigenvalue weighted by Gasteiger charge is 2.31. The normalized spacial score (nSPS) is 10.9. The summed E-state index contributed by atoms with van der Waals surface area (Å²) in [4.78, 5) is 24.6. The second kappa shape index (κ2) is 8.03. The van der Waals surface area contributed by atoms with E-state index in [4.69, 9.17) is 21.1 Å². The molecule has 0 saturated heterocycles. The lowest BCUT2D eigenvalue weighted by Crippen LogP contribution is -2.42. The van der Waals surface area contributed by atoms with E-state index in [-0.39, 0.29) is 12.5 Å². The van der Waals surface area contributed by atoms with Crippen molar-refractivity contribution in [3.8, 4) is 5.75 Å². The molecular weight excluding hydrogens is 342 g/mol. The van der Waals surface area contributed by atoms with E-state index in [1.807, 2.05) is 0 Å². The Morgan fingerprint density at radius 1 is 1.08 bits per heavy atom. The highest BCUT2D eigenvalue weighted by Crippen LogP contribution is 2.23. The van der Waals surface area contributed by atoms with Gasteiger partial charge in [-0.25, -0.2) is 4.79 Å². The second-order valence-electron chi connectivity index (χ2n) is 5.79. The lowest BCUT2D eigenvalue weighted by atomic mass is 10.1. The van der Waals surface area contributed by atoms with Crippen molar-refractivity contribution in [1.82, 2.24) is 0 Å². The Balaban J connectivity index is 2.15. The molecule has 2 aromatic carbocycles. The number of halogens is 1. The maximum Gasteiger partial charge on any atom is 0.340 e. The predicted octanol–water partition coefficient (Wildman–Crippen LogP) is 4.31. The summed E-state index contributed by atoms with van der Waals surface area (Å²) >= 11 is 5.85. The van der Waals surface area contributed by atoms with Crippen LogP contribution in [0.5, 0.6) is 5.75 Å². The van der Waals surface area contributed by atoms with Crippen LogP contribution in [0.4, 0.5) is 5.69 Å². The minimum Gasteiger partial charge on any atom is -0.478 e. The van der Waals surface area contributed by atoms with Gasteiger partial charge in [0.15, 0.2) is 5.60 Å². The van der Waals surface area contributed by atoms with E-state index in [9.17, 15) is 9.59 Å². The van der Waals surface area contributed by atoms with Gasteiger partial charge in [-0.05, 0) is 57.2 Å². The molecular formula is C19H20ClNO4. The lowest BCUT2D eigenvalue weighted by molar-refractivity contribution is -0.128. The van der Waals surface area contributed by atoms with E-state index in [0.29, 0.717) is 22.0 Å². The van der Waals surface area contributed by atoms with Crippen molar-refractivity contribution < 1.29 is 19.1 Å². The van der Waals surface area contributed by atoms with Crippen LogP contribution in [0.3, 0.4) is 0 Å². The highest BCUT2D eigenvalue weighted by molar-refractivity contribution is 6.30. The molecule has 5 nitrogen and oxygen atoms in total. The molecule has 0 aliphatic carbocycles. The Bertz CT molecular complexity index is 756. The fraction of sp³-hybridized carbons (Fsp3) is 0.263. The standard InChI is InChI=1S/C19H20ClNO4/c1-4-24-17(22)15-7-5-6-8-16(15)21-18(23)19(2,3)25-14-11-9-13(20)10-12-14/h5-12H,4H2,1-3H3,(H,21,23). The number of hydrogen-bond acceptors (Lipinski definition) is 4. The number of rotatable bonds is 6. The van der Waals surface area contributed by atoms with Gasteiger partial charge in [0.2, 0.25) is 0 Å². The predicted molar refractivity (Wildman–Crippen MR) is 97.2 cm³/mol. The quantitative estimate of drug-likeness (QED) is 0.778. The number of ether oxygens (including phenoxy) is 2. The number of esters is 1. The van der Waals surface area contributed by atoms with E-state index in [0.717, 1.165) is 0 Å². The third-order valence-electron chi connectivity index (χ3n) is 3.40. The van der Waals surface area contributed by atoms with Gasteiger partial charge in [0, 0.05) is 5.02 Å². The third kappa shape index (κ3) is 4.97. The Labute approximate surface area is 151 Å². The van der Waals surface area contributed by atoms with Crippen molar-refractivity contribution in [3.05, 3.63) is 59.1 Å². The van der Waals surface area contributed by atoms with E-state index >= 15 is 0 Å². The van der Waals surface area contributed by atoms with Gasteiger partial charge in [-0.15, -0.1) is 0 Å². The molecule has 0 fully saturated rings. The van der Waals surface area contributed by atoms with Gasteiger partial charge in [-0.3, -0.25) is 4.79 Å². The van der Waals surface area contributed by atoms with Gasteiger partial charge >= 0.3 is 5.97 Å². The van der Waals surface area contributed by atoms with Crippen LogP contribution in [0.25, 0.3) is 0 Å². The Kier molecular flexibility index (Phi) is 6.04. The van der Waals surface area contributed by atoms with Crippen molar-refractivity contribution in [3.63, 3.8) is 0 Å². The molecule has 0 radical (unpaired) electrons. The summed E-state index contributed by atoms with van der Waals surface area (Å²) < 4.78 is 10.8. The summed E-state index contributed by atoms with van der Waals surface area (Å²) in [7, 11) is 0. The van der Waals surface area contributed by atoms with Crippen molar-refractivity contribution in [2.75, 3.05) is 11.9 Å². The molecule has 2 aromatic rings. The van der Waals surface area contributed by atoms with Gasteiger partial charge in [0.25, 0.3) is 5.91 Å². The molecule has 0 bridgehead atoms. The van der Waals surface area contributed by atoms with Gasteiger partial charge in [-0.2, -0.15) is 0 Å². The van der Waals surface area contributed by atoms with Gasteiger partial charge in [0.05, 0.1) is 17.9 Å². The van der Waals surface area contributed by atoms with Crippen molar-refractivity contribution in [2.24, 2.45) is 0 Å². The molecule has 0 saturated carbocycles. The SMILES string of the molecule is CCOC(=O)c1ccccc1NC(=O)C(C)(C)Oc1ccc(Cl)cc1. The summed E-state index contributed by atoms with van der Waals surface area (Å²) in [5.41, 5.74) is -0.492. The average Bonchev–Trinajstić information content (AvgIpc) is 2.57. The summed E-state index contributed by atoms with van der Waals surface area (Å²) in [5.74, 6) is -0.364. The van der Waals surface area contributed by atoms with Crippen LogP contribution in [-0.4, -0.2) is 24.1 Å². The Morgan fingerprint density at radius 2 is 1.72 bits per heavy atom. The monoisotopic (exact) mass is 361 g/mol. The third-order valence-corrected chi connectivity index (χ3v) is 3.66. The molecule has 0 heterocycles. The molecule has 0 aliphatic rings. The zero-order valence-corrected chi connectivity index (χ0v) is 15.1. The Hall–Kier alpha value is -2.53. The van der Waals surface area contributed by atoms with Crippen LogP contribution in [0, 0.1) is 0 Å². The van der Waals surface area contributed by atoms with E-state index in [2.05, 4.69) is 5.32 Å². The van der Waals surface area contributed by atoms with E-state index < -0.39 is 11.6 Å². The number of nitrogens with one attached hydrogen (secondary N) is 1. The maximum absolute atomic E-state index is 12.6. The molecule has 1 amide bonds.